The lowest BCUT2D eigenvalue weighted by Crippen LogP contribution is -2.36. The second-order valence-corrected chi connectivity index (χ2v) is 7.42. The van der Waals surface area contributed by atoms with Crippen molar-refractivity contribution in [1.29, 1.82) is 0 Å². The summed E-state index contributed by atoms with van der Waals surface area (Å²) in [6.45, 7) is 2.67. The first-order chi connectivity index (χ1) is 13.0. The van der Waals surface area contributed by atoms with Gasteiger partial charge in [0.1, 0.15) is 6.10 Å². The SMILES string of the molecule is Cc1[nH]c2ccccc2c1C(=O)C(=O)N1CCC(Oc2ncccc2Br)C1. The third-order valence-electron chi connectivity index (χ3n) is 4.75. The van der Waals surface area contributed by atoms with Crippen molar-refractivity contribution in [2.24, 2.45) is 0 Å². The Morgan fingerprint density at radius 1 is 1.26 bits per heavy atom. The van der Waals surface area contributed by atoms with E-state index in [1.165, 1.54) is 0 Å². The number of para-hydroxylation sites is 1. The van der Waals surface area contributed by atoms with Crippen molar-refractivity contribution in [3.63, 3.8) is 0 Å². The number of hydrogen-bond acceptors (Lipinski definition) is 4. The number of nitrogens with zero attached hydrogens (tertiary/aromatic N) is 2. The van der Waals surface area contributed by atoms with Gasteiger partial charge < -0.3 is 14.6 Å². The van der Waals surface area contributed by atoms with Gasteiger partial charge in [0.25, 0.3) is 11.7 Å². The summed E-state index contributed by atoms with van der Waals surface area (Å²) in [5.41, 5.74) is 2.01. The molecule has 1 saturated heterocycles. The molecule has 1 aromatic carbocycles. The molecule has 4 rings (SSSR count). The van der Waals surface area contributed by atoms with E-state index in [9.17, 15) is 9.59 Å². The molecule has 6 nitrogen and oxygen atoms in total. The highest BCUT2D eigenvalue weighted by Gasteiger charge is 2.33. The molecule has 138 valence electrons. The van der Waals surface area contributed by atoms with Gasteiger partial charge in [-0.2, -0.15) is 0 Å². The molecular formula is C20H18BrN3O3. The Labute approximate surface area is 164 Å². The highest BCUT2D eigenvalue weighted by Crippen LogP contribution is 2.26. The highest BCUT2D eigenvalue weighted by atomic mass is 79.9. The fraction of sp³-hybridized carbons (Fsp3) is 0.250. The number of aromatic amines is 1. The zero-order valence-electron chi connectivity index (χ0n) is 14.7. The molecule has 0 saturated carbocycles. The quantitative estimate of drug-likeness (QED) is 0.510. The van der Waals surface area contributed by atoms with Crippen LogP contribution in [-0.2, 0) is 4.79 Å². The Hall–Kier alpha value is -2.67. The van der Waals surface area contributed by atoms with E-state index < -0.39 is 11.7 Å². The van der Waals surface area contributed by atoms with Gasteiger partial charge in [-0.3, -0.25) is 9.59 Å². The van der Waals surface area contributed by atoms with E-state index in [1.54, 1.807) is 11.1 Å². The maximum absolute atomic E-state index is 12.9. The molecule has 1 fully saturated rings. The molecule has 3 aromatic rings. The maximum Gasteiger partial charge on any atom is 0.295 e. The molecule has 3 heterocycles. The predicted molar refractivity (Wildman–Crippen MR) is 105 cm³/mol. The molecule has 1 aliphatic rings. The minimum Gasteiger partial charge on any atom is -0.472 e. The van der Waals surface area contributed by atoms with Crippen LogP contribution in [0.5, 0.6) is 5.88 Å². The number of aromatic nitrogens is 2. The molecule has 1 N–H and O–H groups in total. The number of amides is 1. The van der Waals surface area contributed by atoms with Crippen LogP contribution in [0.25, 0.3) is 10.9 Å². The number of H-pyrrole nitrogens is 1. The summed E-state index contributed by atoms with van der Waals surface area (Å²) < 4.78 is 6.65. The van der Waals surface area contributed by atoms with Gasteiger partial charge in [0.05, 0.1) is 16.6 Å². The lowest BCUT2D eigenvalue weighted by atomic mass is 10.1. The molecule has 1 atom stereocenters. The lowest BCUT2D eigenvalue weighted by molar-refractivity contribution is -0.125. The molecular weight excluding hydrogens is 410 g/mol. The van der Waals surface area contributed by atoms with Crippen LogP contribution in [0.15, 0.2) is 47.1 Å². The largest absolute Gasteiger partial charge is 0.472 e. The number of hydrogen-bond donors (Lipinski definition) is 1. The van der Waals surface area contributed by atoms with Crippen molar-refractivity contribution >= 4 is 38.5 Å². The van der Waals surface area contributed by atoms with Gasteiger partial charge in [-0.25, -0.2) is 4.98 Å². The van der Waals surface area contributed by atoms with Crippen LogP contribution < -0.4 is 4.74 Å². The van der Waals surface area contributed by atoms with E-state index in [-0.39, 0.29) is 6.10 Å². The van der Waals surface area contributed by atoms with Gasteiger partial charge in [-0.05, 0) is 41.1 Å². The van der Waals surface area contributed by atoms with Gasteiger partial charge in [-0.1, -0.05) is 18.2 Å². The number of nitrogens with one attached hydrogen (secondary N) is 1. The molecule has 0 aliphatic carbocycles. The number of rotatable bonds is 4. The summed E-state index contributed by atoms with van der Waals surface area (Å²) in [6, 6.07) is 11.2. The fourth-order valence-corrected chi connectivity index (χ4v) is 3.79. The van der Waals surface area contributed by atoms with Crippen molar-refractivity contribution in [2.75, 3.05) is 13.1 Å². The van der Waals surface area contributed by atoms with Gasteiger partial charge in [0.15, 0.2) is 0 Å². The zero-order valence-corrected chi connectivity index (χ0v) is 16.3. The number of Topliss-reactive ketones (excluding diaryl/α,β-unsaturated/α-hetero) is 1. The number of pyridine rings is 1. The van der Waals surface area contributed by atoms with E-state index >= 15 is 0 Å². The van der Waals surface area contributed by atoms with Gasteiger partial charge in [0, 0.05) is 35.8 Å². The Kier molecular flexibility index (Phi) is 4.70. The van der Waals surface area contributed by atoms with E-state index in [4.69, 9.17) is 4.74 Å². The molecule has 0 radical (unpaired) electrons. The Balaban J connectivity index is 1.49. The van der Waals surface area contributed by atoms with Gasteiger partial charge >= 0.3 is 0 Å². The summed E-state index contributed by atoms with van der Waals surface area (Å²) in [6.07, 6.45) is 2.13. The van der Waals surface area contributed by atoms with E-state index in [0.717, 1.165) is 15.4 Å². The second kappa shape index (κ2) is 7.15. The average molecular weight is 428 g/mol. The number of carbonyl (C=O) groups excluding carboxylic acids is 2. The standard InChI is InChI=1S/C20H18BrN3O3/c1-12-17(14-5-2-3-7-16(14)23-12)18(25)20(26)24-10-8-13(11-24)27-19-15(21)6-4-9-22-19/h2-7,9,13,23H,8,10-11H2,1H3. The van der Waals surface area contributed by atoms with Crippen molar-refractivity contribution in [1.82, 2.24) is 14.9 Å². The Morgan fingerprint density at radius 3 is 2.89 bits per heavy atom. The first-order valence-electron chi connectivity index (χ1n) is 8.72. The second-order valence-electron chi connectivity index (χ2n) is 6.57. The number of aryl methyl sites for hydroxylation is 1. The summed E-state index contributed by atoms with van der Waals surface area (Å²) in [5.74, 6) is -0.478. The summed E-state index contributed by atoms with van der Waals surface area (Å²) in [5, 5.41) is 0.776. The van der Waals surface area contributed by atoms with E-state index in [2.05, 4.69) is 25.9 Å². The fourth-order valence-electron chi connectivity index (χ4n) is 3.44. The molecule has 1 amide bonds. The monoisotopic (exact) mass is 427 g/mol. The first kappa shape index (κ1) is 17.7. The number of benzene rings is 1. The van der Waals surface area contributed by atoms with Crippen LogP contribution in [0.3, 0.4) is 0 Å². The number of likely N-dealkylation sites (tertiary alicyclic amines) is 1. The van der Waals surface area contributed by atoms with Gasteiger partial charge in [-0.15, -0.1) is 0 Å². The van der Waals surface area contributed by atoms with Crippen LogP contribution in [0.1, 0.15) is 22.5 Å². The minimum absolute atomic E-state index is 0.183. The Bertz CT molecular complexity index is 1030. The van der Waals surface area contributed by atoms with E-state index in [1.807, 2.05) is 43.3 Å². The van der Waals surface area contributed by atoms with Crippen LogP contribution >= 0.6 is 15.9 Å². The molecule has 2 aromatic heterocycles. The van der Waals surface area contributed by atoms with Crippen molar-refractivity contribution in [3.05, 3.63) is 58.3 Å². The Morgan fingerprint density at radius 2 is 2.07 bits per heavy atom. The van der Waals surface area contributed by atoms with Crippen LogP contribution in [0, 0.1) is 6.92 Å². The summed E-state index contributed by atoms with van der Waals surface area (Å²) in [4.78, 5) is 34.6. The lowest BCUT2D eigenvalue weighted by Gasteiger charge is -2.16. The highest BCUT2D eigenvalue weighted by molar-refractivity contribution is 9.10. The number of ether oxygens (including phenoxy) is 1. The van der Waals surface area contributed by atoms with Crippen LogP contribution in [-0.4, -0.2) is 45.8 Å². The molecule has 1 unspecified atom stereocenters. The predicted octanol–water partition coefficient (Wildman–Crippen LogP) is 3.50. The summed E-state index contributed by atoms with van der Waals surface area (Å²) >= 11 is 3.40. The normalized spacial score (nSPS) is 16.7. The molecule has 0 bridgehead atoms. The van der Waals surface area contributed by atoms with Crippen LogP contribution in [0.2, 0.25) is 0 Å². The third-order valence-corrected chi connectivity index (χ3v) is 5.35. The molecule has 1 aliphatic heterocycles. The van der Waals surface area contributed by atoms with Crippen LogP contribution in [0.4, 0.5) is 0 Å². The smallest absolute Gasteiger partial charge is 0.295 e. The maximum atomic E-state index is 12.9. The zero-order chi connectivity index (χ0) is 19.0. The van der Waals surface area contributed by atoms with Crippen molar-refractivity contribution < 1.29 is 14.3 Å². The topological polar surface area (TPSA) is 75.3 Å². The number of carbonyl (C=O) groups is 2. The van der Waals surface area contributed by atoms with Crippen molar-refractivity contribution in [3.8, 4) is 5.88 Å². The average Bonchev–Trinajstić information content (AvgIpc) is 3.26. The number of ketones is 1. The van der Waals surface area contributed by atoms with Crippen molar-refractivity contribution in [2.45, 2.75) is 19.4 Å². The van der Waals surface area contributed by atoms with Gasteiger partial charge in [0.2, 0.25) is 5.88 Å². The summed E-state index contributed by atoms with van der Waals surface area (Å²) in [7, 11) is 0. The minimum atomic E-state index is -0.492. The third kappa shape index (κ3) is 3.35. The first-order valence-corrected chi connectivity index (χ1v) is 9.52. The molecule has 0 spiro atoms. The van der Waals surface area contributed by atoms with E-state index in [0.29, 0.717) is 36.6 Å². The number of fused-ring (bicyclic) bond motifs is 1. The number of halogens is 1. The molecule has 7 heteroatoms. The molecule has 27 heavy (non-hydrogen) atoms.